The molecule has 2 saturated heterocycles. The summed E-state index contributed by atoms with van der Waals surface area (Å²) in [7, 11) is 0. The number of hydrogen-bond acceptors (Lipinski definition) is 3. The maximum atomic E-state index is 14.0. The number of halogens is 1. The molecule has 0 aliphatic carbocycles. The van der Waals surface area contributed by atoms with Gasteiger partial charge >= 0.3 is 0 Å². The molecule has 4 rings (SSSR count). The summed E-state index contributed by atoms with van der Waals surface area (Å²) in [4.78, 5) is 22.5. The van der Waals surface area contributed by atoms with E-state index in [1.165, 1.54) is 6.07 Å². The SMILES string of the molecule is O=C(CC1CCNCC1)N1CCCC1c1ncc(-c2ccccc2F)[nH]1. The summed E-state index contributed by atoms with van der Waals surface area (Å²) in [5, 5.41) is 3.34. The third kappa shape index (κ3) is 3.51. The first-order valence-electron chi connectivity index (χ1n) is 9.52. The van der Waals surface area contributed by atoms with Crippen molar-refractivity contribution in [3.05, 3.63) is 42.1 Å². The highest BCUT2D eigenvalue weighted by atomic mass is 19.1. The number of aromatic amines is 1. The van der Waals surface area contributed by atoms with Crippen molar-refractivity contribution in [2.24, 2.45) is 5.92 Å². The van der Waals surface area contributed by atoms with Gasteiger partial charge < -0.3 is 15.2 Å². The zero-order chi connectivity index (χ0) is 17.9. The highest BCUT2D eigenvalue weighted by Gasteiger charge is 2.33. The Morgan fingerprint density at radius 1 is 1.23 bits per heavy atom. The molecule has 0 saturated carbocycles. The minimum absolute atomic E-state index is 0.0234. The van der Waals surface area contributed by atoms with E-state index in [0.29, 0.717) is 23.6 Å². The van der Waals surface area contributed by atoms with Crippen LogP contribution in [0, 0.1) is 11.7 Å². The van der Waals surface area contributed by atoms with E-state index in [0.717, 1.165) is 51.1 Å². The molecule has 5 nitrogen and oxygen atoms in total. The van der Waals surface area contributed by atoms with Gasteiger partial charge in [0.05, 0.1) is 17.9 Å². The summed E-state index contributed by atoms with van der Waals surface area (Å²) >= 11 is 0. The lowest BCUT2D eigenvalue weighted by Gasteiger charge is -2.27. The molecule has 138 valence electrons. The highest BCUT2D eigenvalue weighted by Crippen LogP contribution is 2.33. The number of rotatable bonds is 4. The molecule has 2 fully saturated rings. The Balaban J connectivity index is 1.48. The lowest BCUT2D eigenvalue weighted by Crippen LogP contribution is -2.35. The number of amides is 1. The fourth-order valence-corrected chi connectivity index (χ4v) is 4.12. The predicted octanol–water partition coefficient (Wildman–Crippen LogP) is 3.27. The largest absolute Gasteiger partial charge is 0.340 e. The summed E-state index contributed by atoms with van der Waals surface area (Å²) in [6.45, 7) is 2.79. The van der Waals surface area contributed by atoms with Gasteiger partial charge in [-0.3, -0.25) is 4.79 Å². The fraction of sp³-hybridized carbons (Fsp3) is 0.500. The van der Waals surface area contributed by atoms with E-state index < -0.39 is 0 Å². The van der Waals surface area contributed by atoms with Crippen LogP contribution in [0.25, 0.3) is 11.3 Å². The molecule has 1 aromatic heterocycles. The molecular weight excluding hydrogens is 331 g/mol. The third-order valence-electron chi connectivity index (χ3n) is 5.57. The van der Waals surface area contributed by atoms with Crippen LogP contribution in [-0.2, 0) is 4.79 Å². The van der Waals surface area contributed by atoms with Crippen molar-refractivity contribution in [3.63, 3.8) is 0 Å². The van der Waals surface area contributed by atoms with Gasteiger partial charge in [0.25, 0.3) is 0 Å². The second-order valence-electron chi connectivity index (χ2n) is 7.30. The monoisotopic (exact) mass is 356 g/mol. The minimum atomic E-state index is -0.270. The maximum Gasteiger partial charge on any atom is 0.223 e. The second kappa shape index (κ2) is 7.58. The molecular formula is C20H25FN4O. The van der Waals surface area contributed by atoms with Crippen molar-refractivity contribution in [2.75, 3.05) is 19.6 Å². The number of H-pyrrole nitrogens is 1. The normalized spacial score (nSPS) is 21.3. The first-order chi connectivity index (χ1) is 12.7. The molecule has 2 aromatic rings. The molecule has 0 radical (unpaired) electrons. The Morgan fingerprint density at radius 2 is 2.04 bits per heavy atom. The van der Waals surface area contributed by atoms with Gasteiger partial charge in [-0.05, 0) is 56.8 Å². The first-order valence-corrected chi connectivity index (χ1v) is 9.52. The van der Waals surface area contributed by atoms with Crippen LogP contribution < -0.4 is 5.32 Å². The smallest absolute Gasteiger partial charge is 0.223 e. The third-order valence-corrected chi connectivity index (χ3v) is 5.57. The molecule has 6 heteroatoms. The molecule has 2 aliphatic heterocycles. The van der Waals surface area contributed by atoms with Crippen molar-refractivity contribution in [3.8, 4) is 11.3 Å². The highest BCUT2D eigenvalue weighted by molar-refractivity contribution is 5.77. The average Bonchev–Trinajstić information content (AvgIpc) is 3.32. The molecule has 0 bridgehead atoms. The van der Waals surface area contributed by atoms with E-state index >= 15 is 0 Å². The molecule has 3 heterocycles. The number of imidazole rings is 1. The van der Waals surface area contributed by atoms with Gasteiger partial charge in [0.2, 0.25) is 5.91 Å². The Hall–Kier alpha value is -2.21. The zero-order valence-electron chi connectivity index (χ0n) is 14.9. The van der Waals surface area contributed by atoms with Crippen molar-refractivity contribution in [1.82, 2.24) is 20.2 Å². The molecule has 26 heavy (non-hydrogen) atoms. The lowest BCUT2D eigenvalue weighted by molar-refractivity contribution is -0.133. The summed E-state index contributed by atoms with van der Waals surface area (Å²) in [6, 6.07) is 6.64. The molecule has 1 atom stereocenters. The van der Waals surface area contributed by atoms with Crippen LogP contribution in [0.2, 0.25) is 0 Å². The topological polar surface area (TPSA) is 61.0 Å². The van der Waals surface area contributed by atoms with Gasteiger partial charge in [0.1, 0.15) is 11.6 Å². The number of carbonyl (C=O) groups excluding carboxylic acids is 1. The van der Waals surface area contributed by atoms with E-state index in [1.807, 2.05) is 11.0 Å². The quantitative estimate of drug-likeness (QED) is 0.884. The first kappa shape index (κ1) is 17.2. The summed E-state index contributed by atoms with van der Waals surface area (Å²) in [5.74, 6) is 1.20. The van der Waals surface area contributed by atoms with Gasteiger partial charge in [-0.1, -0.05) is 12.1 Å². The number of nitrogens with one attached hydrogen (secondary N) is 2. The molecule has 1 aromatic carbocycles. The Kier molecular flexibility index (Phi) is 5.02. The Labute approximate surface area is 153 Å². The van der Waals surface area contributed by atoms with Gasteiger partial charge in [-0.15, -0.1) is 0 Å². The van der Waals surface area contributed by atoms with Crippen LogP contribution in [0.15, 0.2) is 30.5 Å². The molecule has 1 unspecified atom stereocenters. The number of carbonyl (C=O) groups is 1. The van der Waals surface area contributed by atoms with Gasteiger partial charge in [0.15, 0.2) is 0 Å². The van der Waals surface area contributed by atoms with Crippen LogP contribution in [0.4, 0.5) is 4.39 Å². The van der Waals surface area contributed by atoms with Crippen molar-refractivity contribution >= 4 is 5.91 Å². The Bertz CT molecular complexity index is 769. The Morgan fingerprint density at radius 3 is 2.85 bits per heavy atom. The lowest BCUT2D eigenvalue weighted by atomic mass is 9.94. The molecule has 0 spiro atoms. The molecule has 2 aliphatic rings. The van der Waals surface area contributed by atoms with Crippen molar-refractivity contribution in [1.29, 1.82) is 0 Å². The number of piperidine rings is 1. The molecule has 2 N–H and O–H groups in total. The van der Waals surface area contributed by atoms with E-state index in [2.05, 4.69) is 15.3 Å². The number of likely N-dealkylation sites (tertiary alicyclic amines) is 1. The second-order valence-corrected chi connectivity index (χ2v) is 7.30. The number of nitrogens with zero attached hydrogens (tertiary/aromatic N) is 2. The summed E-state index contributed by atoms with van der Waals surface area (Å²) in [5.41, 5.74) is 1.17. The average molecular weight is 356 g/mol. The van der Waals surface area contributed by atoms with Crippen LogP contribution in [-0.4, -0.2) is 40.4 Å². The van der Waals surface area contributed by atoms with E-state index in [-0.39, 0.29) is 17.8 Å². The number of aromatic nitrogens is 2. The van der Waals surface area contributed by atoms with E-state index in [9.17, 15) is 9.18 Å². The summed E-state index contributed by atoms with van der Waals surface area (Å²) < 4.78 is 14.0. The number of hydrogen-bond donors (Lipinski definition) is 2. The summed E-state index contributed by atoms with van der Waals surface area (Å²) in [6.07, 6.45) is 6.33. The fourth-order valence-electron chi connectivity index (χ4n) is 4.12. The predicted molar refractivity (Wildman–Crippen MR) is 97.9 cm³/mol. The van der Waals surface area contributed by atoms with Crippen LogP contribution in [0.5, 0.6) is 0 Å². The standard InChI is InChI=1S/C20H25FN4O/c21-16-5-2-1-4-15(16)17-13-23-20(24-17)18-6-3-11-25(18)19(26)12-14-7-9-22-10-8-14/h1-2,4-5,13-14,18,22H,3,6-12H2,(H,23,24). The van der Waals surface area contributed by atoms with Crippen LogP contribution >= 0.6 is 0 Å². The van der Waals surface area contributed by atoms with Gasteiger partial charge in [-0.2, -0.15) is 0 Å². The van der Waals surface area contributed by atoms with Crippen molar-refractivity contribution < 1.29 is 9.18 Å². The van der Waals surface area contributed by atoms with Crippen molar-refractivity contribution in [2.45, 2.75) is 38.1 Å². The number of benzene rings is 1. The van der Waals surface area contributed by atoms with E-state index in [4.69, 9.17) is 0 Å². The van der Waals surface area contributed by atoms with Crippen LogP contribution in [0.3, 0.4) is 0 Å². The van der Waals surface area contributed by atoms with Crippen LogP contribution in [0.1, 0.15) is 44.0 Å². The maximum absolute atomic E-state index is 14.0. The van der Waals surface area contributed by atoms with Gasteiger partial charge in [0, 0.05) is 18.5 Å². The minimum Gasteiger partial charge on any atom is -0.340 e. The molecule has 1 amide bonds. The van der Waals surface area contributed by atoms with E-state index in [1.54, 1.807) is 18.3 Å². The van der Waals surface area contributed by atoms with Gasteiger partial charge in [-0.25, -0.2) is 9.37 Å². The zero-order valence-corrected chi connectivity index (χ0v) is 14.9.